The minimum absolute atomic E-state index is 1.09. The molecule has 0 atom stereocenters. The summed E-state index contributed by atoms with van der Waals surface area (Å²) in [5.74, 6) is 0. The molecule has 2 heteroatoms. The summed E-state index contributed by atoms with van der Waals surface area (Å²) in [7, 11) is 0. The van der Waals surface area contributed by atoms with E-state index in [-0.39, 0.29) is 0 Å². The van der Waals surface area contributed by atoms with Gasteiger partial charge < -0.3 is 9.47 Å². The van der Waals surface area contributed by atoms with Crippen LogP contribution >= 0.6 is 0 Å². The zero-order valence-electron chi connectivity index (χ0n) is 31.8. The Kier molecular flexibility index (Phi) is 8.19. The van der Waals surface area contributed by atoms with Crippen LogP contribution in [0, 0.1) is 0 Å². The maximum Gasteiger partial charge on any atom is 0.0541 e. The molecule has 0 spiro atoms. The molecule has 11 rings (SSSR count). The fourth-order valence-electron chi connectivity index (χ4n) is 8.75. The predicted molar refractivity (Wildman–Crippen MR) is 247 cm³/mol. The second-order valence-corrected chi connectivity index (χ2v) is 15.0. The van der Waals surface area contributed by atoms with Gasteiger partial charge in [-0.25, -0.2) is 0 Å². The minimum Gasteiger partial charge on any atom is -0.310 e. The van der Waals surface area contributed by atoms with Gasteiger partial charge in [-0.1, -0.05) is 164 Å². The van der Waals surface area contributed by atoms with Crippen molar-refractivity contribution >= 4 is 60.4 Å². The molecule has 0 bridgehead atoms. The summed E-state index contributed by atoms with van der Waals surface area (Å²) in [5, 5.41) is 7.51. The largest absolute Gasteiger partial charge is 0.310 e. The Morgan fingerprint density at radius 1 is 0.259 bits per heavy atom. The first-order valence-electron chi connectivity index (χ1n) is 19.9. The Labute approximate surface area is 338 Å². The molecule has 0 saturated carbocycles. The van der Waals surface area contributed by atoms with E-state index >= 15 is 0 Å². The molecule has 272 valence electrons. The van der Waals surface area contributed by atoms with Gasteiger partial charge in [-0.15, -0.1) is 0 Å². The Balaban J connectivity index is 1.06. The van der Waals surface area contributed by atoms with E-state index in [9.17, 15) is 0 Å². The molecule has 0 saturated heterocycles. The highest BCUT2D eigenvalue weighted by molar-refractivity contribution is 6.10. The molecule has 1 aromatic heterocycles. The summed E-state index contributed by atoms with van der Waals surface area (Å²) in [5.41, 5.74) is 13.9. The van der Waals surface area contributed by atoms with Crippen molar-refractivity contribution in [2.24, 2.45) is 0 Å². The average Bonchev–Trinajstić information content (AvgIpc) is 3.64. The van der Waals surface area contributed by atoms with E-state index in [2.05, 4.69) is 240 Å². The first-order chi connectivity index (χ1) is 28.7. The van der Waals surface area contributed by atoms with Crippen molar-refractivity contribution in [3.8, 4) is 39.1 Å². The van der Waals surface area contributed by atoms with Crippen LogP contribution in [0.15, 0.2) is 231 Å². The topological polar surface area (TPSA) is 8.17 Å². The van der Waals surface area contributed by atoms with Crippen molar-refractivity contribution in [2.45, 2.75) is 0 Å². The lowest BCUT2D eigenvalue weighted by Gasteiger charge is -2.27. The van der Waals surface area contributed by atoms with Gasteiger partial charge in [0.1, 0.15) is 0 Å². The number of para-hydroxylation sites is 2. The second kappa shape index (κ2) is 14.1. The Morgan fingerprint density at radius 3 is 1.45 bits per heavy atom. The quantitative estimate of drug-likeness (QED) is 0.148. The van der Waals surface area contributed by atoms with Crippen molar-refractivity contribution < 1.29 is 0 Å². The number of benzene rings is 10. The lowest BCUT2D eigenvalue weighted by Crippen LogP contribution is -2.10. The molecule has 0 N–H and O–H groups in total. The number of hydrogen-bond donors (Lipinski definition) is 0. The average molecular weight is 739 g/mol. The van der Waals surface area contributed by atoms with Crippen LogP contribution in [0.3, 0.4) is 0 Å². The lowest BCUT2D eigenvalue weighted by atomic mass is 9.97. The van der Waals surface area contributed by atoms with Gasteiger partial charge in [-0.05, 0) is 122 Å². The molecule has 0 amide bonds. The highest BCUT2D eigenvalue weighted by Crippen LogP contribution is 2.41. The predicted octanol–water partition coefficient (Wildman–Crippen LogP) is 15.6. The van der Waals surface area contributed by atoms with Gasteiger partial charge in [0, 0.05) is 33.5 Å². The molecule has 2 nitrogen and oxygen atoms in total. The second-order valence-electron chi connectivity index (χ2n) is 15.0. The van der Waals surface area contributed by atoms with Gasteiger partial charge in [0.25, 0.3) is 0 Å². The van der Waals surface area contributed by atoms with E-state index < -0.39 is 0 Å². The van der Waals surface area contributed by atoms with E-state index in [1.165, 1.54) is 71.2 Å². The van der Waals surface area contributed by atoms with Crippen molar-refractivity contribution in [3.05, 3.63) is 231 Å². The number of rotatable bonds is 7. The molecule has 0 aliphatic heterocycles. The van der Waals surface area contributed by atoms with Crippen LogP contribution in [0.25, 0.3) is 82.4 Å². The maximum atomic E-state index is 2.42. The van der Waals surface area contributed by atoms with Gasteiger partial charge >= 0.3 is 0 Å². The molecular weight excluding hydrogens is 701 g/mol. The summed E-state index contributed by atoms with van der Waals surface area (Å²) in [6, 6.07) is 83.8. The number of hydrogen-bond acceptors (Lipinski definition) is 1. The first-order valence-corrected chi connectivity index (χ1v) is 19.9. The number of aromatic nitrogens is 1. The molecule has 10 aromatic carbocycles. The van der Waals surface area contributed by atoms with Crippen LogP contribution in [0.2, 0.25) is 0 Å². The van der Waals surface area contributed by atoms with Gasteiger partial charge in [0.15, 0.2) is 0 Å². The molecule has 0 radical (unpaired) electrons. The fraction of sp³-hybridized carbons (Fsp3) is 0. The first kappa shape index (κ1) is 33.6. The van der Waals surface area contributed by atoms with E-state index in [0.717, 1.165) is 28.3 Å². The van der Waals surface area contributed by atoms with Crippen LogP contribution in [0.4, 0.5) is 17.1 Å². The van der Waals surface area contributed by atoms with Crippen LogP contribution in [0.5, 0.6) is 0 Å². The van der Waals surface area contributed by atoms with Crippen molar-refractivity contribution in [2.75, 3.05) is 4.90 Å². The van der Waals surface area contributed by atoms with E-state index in [1.54, 1.807) is 0 Å². The van der Waals surface area contributed by atoms with Crippen LogP contribution in [-0.2, 0) is 0 Å². The summed E-state index contributed by atoms with van der Waals surface area (Å²) in [6.07, 6.45) is 0. The van der Waals surface area contributed by atoms with Crippen LogP contribution in [-0.4, -0.2) is 4.57 Å². The zero-order chi connectivity index (χ0) is 38.4. The van der Waals surface area contributed by atoms with Gasteiger partial charge in [0.05, 0.1) is 11.0 Å². The molecule has 1 heterocycles. The van der Waals surface area contributed by atoms with Crippen molar-refractivity contribution in [1.82, 2.24) is 4.57 Å². The minimum atomic E-state index is 1.09. The van der Waals surface area contributed by atoms with E-state index in [0.29, 0.717) is 0 Å². The molecule has 0 fully saturated rings. The number of anilines is 3. The summed E-state index contributed by atoms with van der Waals surface area (Å²) in [6.45, 7) is 0. The third-order valence-electron chi connectivity index (χ3n) is 11.5. The van der Waals surface area contributed by atoms with E-state index in [1.807, 2.05) is 0 Å². The number of nitrogens with zero attached hydrogens (tertiary/aromatic N) is 2. The normalized spacial score (nSPS) is 11.4. The SMILES string of the molecule is c1ccc(-c2cccc(N(c3ccc(-c4cc(-c5ccccc5)cc(-n5c6ccccc6c6ccccc65)c4)cc3)c3ccc4c(ccc5ccccc54)c3)c2)cc1. The lowest BCUT2D eigenvalue weighted by molar-refractivity contribution is 1.18. The Bertz CT molecular complexity index is 3220. The molecule has 0 unspecified atom stereocenters. The highest BCUT2D eigenvalue weighted by atomic mass is 15.1. The van der Waals surface area contributed by atoms with E-state index in [4.69, 9.17) is 0 Å². The maximum absolute atomic E-state index is 2.42. The summed E-state index contributed by atoms with van der Waals surface area (Å²) in [4.78, 5) is 2.38. The van der Waals surface area contributed by atoms with Crippen molar-refractivity contribution in [3.63, 3.8) is 0 Å². The highest BCUT2D eigenvalue weighted by Gasteiger charge is 2.17. The van der Waals surface area contributed by atoms with Crippen molar-refractivity contribution in [1.29, 1.82) is 0 Å². The van der Waals surface area contributed by atoms with Gasteiger partial charge in [-0.2, -0.15) is 0 Å². The molecule has 58 heavy (non-hydrogen) atoms. The van der Waals surface area contributed by atoms with Crippen LogP contribution < -0.4 is 4.90 Å². The number of fused-ring (bicyclic) bond motifs is 6. The third kappa shape index (κ3) is 5.91. The fourth-order valence-corrected chi connectivity index (χ4v) is 8.75. The molecular formula is C56H38N2. The summed E-state index contributed by atoms with van der Waals surface area (Å²) >= 11 is 0. The third-order valence-corrected chi connectivity index (χ3v) is 11.5. The molecule has 0 aliphatic carbocycles. The Morgan fingerprint density at radius 2 is 0.759 bits per heavy atom. The summed E-state index contributed by atoms with van der Waals surface area (Å²) < 4.78 is 2.42. The monoisotopic (exact) mass is 738 g/mol. The Hall–Kier alpha value is -7.68. The molecule has 0 aliphatic rings. The van der Waals surface area contributed by atoms with Gasteiger partial charge in [-0.3, -0.25) is 0 Å². The van der Waals surface area contributed by atoms with Crippen LogP contribution in [0.1, 0.15) is 0 Å². The van der Waals surface area contributed by atoms with Gasteiger partial charge in [0.2, 0.25) is 0 Å². The molecule has 11 aromatic rings. The smallest absolute Gasteiger partial charge is 0.0541 e. The zero-order valence-corrected chi connectivity index (χ0v) is 31.8. The standard InChI is InChI=1S/C56H38N2/c1-3-14-39(15-4-1)43-19-13-20-48(35-43)57(49-32-33-52-44(36-49)27-26-42-18-7-8-21-51(42)52)47-30-28-41(29-31-47)46-34-45(40-16-5-2-6-17-40)37-50(38-46)58-55-24-11-9-22-53(55)54-23-10-12-25-56(54)58/h1-38H.